The number of hydrogen-bond donors (Lipinski definition) is 0. The van der Waals surface area contributed by atoms with Crippen LogP contribution >= 0.6 is 0 Å². The SMILES string of the molecule is Cc1noc(C2CCN(C(=O)c3ccc(COc4ccc(F)cc4)o3)CC2)n1. The van der Waals surface area contributed by atoms with Crippen molar-refractivity contribution in [3.8, 4) is 5.75 Å². The highest BCUT2D eigenvalue weighted by Gasteiger charge is 2.28. The lowest BCUT2D eigenvalue weighted by Gasteiger charge is -2.29. The maximum absolute atomic E-state index is 12.9. The molecule has 1 aliphatic rings. The van der Waals surface area contributed by atoms with Crippen molar-refractivity contribution in [2.75, 3.05) is 13.1 Å². The molecule has 1 saturated heterocycles. The van der Waals surface area contributed by atoms with E-state index in [1.807, 2.05) is 0 Å². The molecule has 0 atom stereocenters. The van der Waals surface area contributed by atoms with Gasteiger partial charge >= 0.3 is 0 Å². The van der Waals surface area contributed by atoms with E-state index in [9.17, 15) is 9.18 Å². The zero-order valence-electron chi connectivity index (χ0n) is 15.4. The fraction of sp³-hybridized carbons (Fsp3) is 0.350. The third-order valence-corrected chi connectivity index (χ3v) is 4.74. The van der Waals surface area contributed by atoms with E-state index in [-0.39, 0.29) is 30.0 Å². The molecule has 3 heterocycles. The largest absolute Gasteiger partial charge is 0.486 e. The smallest absolute Gasteiger partial charge is 0.289 e. The third kappa shape index (κ3) is 4.05. The Morgan fingerprint density at radius 2 is 1.96 bits per heavy atom. The molecule has 1 fully saturated rings. The molecule has 4 rings (SSSR count). The Morgan fingerprint density at radius 1 is 1.21 bits per heavy atom. The second kappa shape index (κ2) is 7.84. The second-order valence-electron chi connectivity index (χ2n) is 6.75. The molecule has 0 saturated carbocycles. The summed E-state index contributed by atoms with van der Waals surface area (Å²) in [5, 5.41) is 3.83. The molecule has 0 N–H and O–H groups in total. The van der Waals surface area contributed by atoms with Crippen molar-refractivity contribution in [3.05, 3.63) is 65.5 Å². The summed E-state index contributed by atoms with van der Waals surface area (Å²) in [4.78, 5) is 18.7. The summed E-state index contributed by atoms with van der Waals surface area (Å²) in [6.07, 6.45) is 1.54. The lowest BCUT2D eigenvalue weighted by Crippen LogP contribution is -2.37. The molecule has 7 nitrogen and oxygen atoms in total. The minimum absolute atomic E-state index is 0.145. The molecule has 2 aromatic heterocycles. The van der Waals surface area contributed by atoms with Gasteiger partial charge in [-0.1, -0.05) is 5.16 Å². The number of amides is 1. The number of halogens is 1. The molecule has 0 bridgehead atoms. The molecule has 1 amide bonds. The van der Waals surface area contributed by atoms with Crippen molar-refractivity contribution in [2.45, 2.75) is 32.3 Å². The molecule has 1 aliphatic heterocycles. The first-order valence-corrected chi connectivity index (χ1v) is 9.15. The summed E-state index contributed by atoms with van der Waals surface area (Å²) >= 11 is 0. The van der Waals surface area contributed by atoms with Gasteiger partial charge in [0.15, 0.2) is 11.6 Å². The molecule has 0 spiro atoms. The van der Waals surface area contributed by atoms with Crippen LogP contribution in [-0.4, -0.2) is 34.0 Å². The van der Waals surface area contributed by atoms with Crippen LogP contribution in [-0.2, 0) is 6.61 Å². The maximum Gasteiger partial charge on any atom is 0.289 e. The number of likely N-dealkylation sites (tertiary alicyclic amines) is 1. The third-order valence-electron chi connectivity index (χ3n) is 4.74. The van der Waals surface area contributed by atoms with Crippen LogP contribution in [0.25, 0.3) is 0 Å². The van der Waals surface area contributed by atoms with Crippen LogP contribution in [0.5, 0.6) is 5.75 Å². The minimum atomic E-state index is -0.323. The van der Waals surface area contributed by atoms with Gasteiger partial charge < -0.3 is 18.6 Å². The Bertz CT molecular complexity index is 943. The van der Waals surface area contributed by atoms with Gasteiger partial charge in [0.2, 0.25) is 5.89 Å². The van der Waals surface area contributed by atoms with Crippen LogP contribution in [0.15, 0.2) is 45.3 Å². The molecule has 8 heteroatoms. The van der Waals surface area contributed by atoms with E-state index in [4.69, 9.17) is 13.7 Å². The standard InChI is InChI=1S/C20H20FN3O4/c1-13-22-19(28-23-13)14-8-10-24(11-9-14)20(25)18-7-6-17(27-18)12-26-16-4-2-15(21)3-5-16/h2-7,14H,8-12H2,1H3. The van der Waals surface area contributed by atoms with Crippen LogP contribution in [0.3, 0.4) is 0 Å². The molecule has 1 aromatic carbocycles. The number of carbonyl (C=O) groups is 1. The van der Waals surface area contributed by atoms with Crippen molar-refractivity contribution in [2.24, 2.45) is 0 Å². The molecular weight excluding hydrogens is 365 g/mol. The van der Waals surface area contributed by atoms with E-state index < -0.39 is 0 Å². The highest BCUT2D eigenvalue weighted by Crippen LogP contribution is 2.27. The first-order chi connectivity index (χ1) is 13.6. The minimum Gasteiger partial charge on any atom is -0.486 e. The Kier molecular flexibility index (Phi) is 5.10. The highest BCUT2D eigenvalue weighted by atomic mass is 19.1. The van der Waals surface area contributed by atoms with Gasteiger partial charge in [-0.05, 0) is 56.2 Å². The summed E-state index contributed by atoms with van der Waals surface area (Å²) in [6.45, 7) is 3.16. The van der Waals surface area contributed by atoms with Crippen LogP contribution < -0.4 is 4.74 Å². The number of furan rings is 1. The predicted octanol–water partition coefficient (Wildman–Crippen LogP) is 3.71. The van der Waals surface area contributed by atoms with Crippen LogP contribution in [0, 0.1) is 12.7 Å². The monoisotopic (exact) mass is 385 g/mol. The van der Waals surface area contributed by atoms with E-state index in [0.717, 1.165) is 12.8 Å². The zero-order valence-corrected chi connectivity index (χ0v) is 15.4. The first kappa shape index (κ1) is 18.2. The molecular formula is C20H20FN3O4. The molecule has 0 aliphatic carbocycles. The van der Waals surface area contributed by atoms with E-state index >= 15 is 0 Å². The van der Waals surface area contributed by atoms with Crippen molar-refractivity contribution in [1.29, 1.82) is 0 Å². The van der Waals surface area contributed by atoms with Gasteiger partial charge in [-0.3, -0.25) is 4.79 Å². The molecule has 28 heavy (non-hydrogen) atoms. The van der Waals surface area contributed by atoms with Gasteiger partial charge in [-0.15, -0.1) is 0 Å². The first-order valence-electron chi connectivity index (χ1n) is 9.15. The van der Waals surface area contributed by atoms with Crippen LogP contribution in [0.4, 0.5) is 4.39 Å². The Labute approximate surface area is 161 Å². The van der Waals surface area contributed by atoms with Gasteiger partial charge in [0, 0.05) is 19.0 Å². The number of benzene rings is 1. The Morgan fingerprint density at radius 3 is 2.64 bits per heavy atom. The lowest BCUT2D eigenvalue weighted by molar-refractivity contribution is 0.0668. The highest BCUT2D eigenvalue weighted by molar-refractivity contribution is 5.91. The number of aryl methyl sites for hydroxylation is 1. The predicted molar refractivity (Wildman–Crippen MR) is 96.4 cm³/mol. The number of piperidine rings is 1. The number of hydrogen-bond acceptors (Lipinski definition) is 6. The average Bonchev–Trinajstić information content (AvgIpc) is 3.36. The summed E-state index contributed by atoms with van der Waals surface area (Å²) < 4.78 is 29.3. The van der Waals surface area contributed by atoms with Gasteiger partial charge in [-0.2, -0.15) is 4.98 Å². The topological polar surface area (TPSA) is 81.6 Å². The number of carbonyl (C=O) groups excluding carboxylic acids is 1. The van der Waals surface area contributed by atoms with E-state index in [1.54, 1.807) is 36.1 Å². The fourth-order valence-corrected chi connectivity index (χ4v) is 3.22. The Balaban J connectivity index is 1.31. The van der Waals surface area contributed by atoms with Gasteiger partial charge in [0.1, 0.15) is 23.9 Å². The normalized spacial score (nSPS) is 15.0. The summed E-state index contributed by atoms with van der Waals surface area (Å²) in [5.41, 5.74) is 0. The van der Waals surface area contributed by atoms with E-state index in [0.29, 0.717) is 36.3 Å². The van der Waals surface area contributed by atoms with Crippen molar-refractivity contribution >= 4 is 5.91 Å². The van der Waals surface area contributed by atoms with Crippen molar-refractivity contribution in [3.63, 3.8) is 0 Å². The summed E-state index contributed by atoms with van der Waals surface area (Å²) in [6, 6.07) is 9.10. The molecule has 146 valence electrons. The zero-order chi connectivity index (χ0) is 19.5. The quantitative estimate of drug-likeness (QED) is 0.666. The number of ether oxygens (including phenoxy) is 1. The van der Waals surface area contributed by atoms with Gasteiger partial charge in [0.05, 0.1) is 0 Å². The summed E-state index contributed by atoms with van der Waals surface area (Å²) in [7, 11) is 0. The van der Waals surface area contributed by atoms with E-state index in [2.05, 4.69) is 10.1 Å². The molecule has 0 unspecified atom stereocenters. The van der Waals surface area contributed by atoms with Crippen LogP contribution in [0.2, 0.25) is 0 Å². The van der Waals surface area contributed by atoms with Crippen molar-refractivity contribution in [1.82, 2.24) is 15.0 Å². The summed E-state index contributed by atoms with van der Waals surface area (Å²) in [5.74, 6) is 2.32. The van der Waals surface area contributed by atoms with Gasteiger partial charge in [-0.25, -0.2) is 4.39 Å². The number of aromatic nitrogens is 2. The lowest BCUT2D eigenvalue weighted by atomic mass is 9.96. The number of nitrogens with zero attached hydrogens (tertiary/aromatic N) is 3. The number of rotatable bonds is 5. The molecule has 3 aromatic rings. The van der Waals surface area contributed by atoms with Gasteiger partial charge in [0.25, 0.3) is 5.91 Å². The fourth-order valence-electron chi connectivity index (χ4n) is 3.22. The average molecular weight is 385 g/mol. The molecule has 0 radical (unpaired) electrons. The van der Waals surface area contributed by atoms with Crippen LogP contribution in [0.1, 0.15) is 46.8 Å². The van der Waals surface area contributed by atoms with E-state index in [1.165, 1.54) is 12.1 Å². The maximum atomic E-state index is 12.9. The van der Waals surface area contributed by atoms with Crippen molar-refractivity contribution < 1.29 is 22.9 Å². The Hall–Kier alpha value is -3.16. The second-order valence-corrected chi connectivity index (χ2v) is 6.75.